The van der Waals surface area contributed by atoms with E-state index in [4.69, 9.17) is 11.6 Å². The number of fused-ring (bicyclic) bond motifs is 1. The molecular formula is C16H15ClN2O2S2. The summed E-state index contributed by atoms with van der Waals surface area (Å²) in [6, 6.07) is 13.8. The van der Waals surface area contributed by atoms with E-state index < -0.39 is 10.0 Å². The van der Waals surface area contributed by atoms with Crippen molar-refractivity contribution in [1.29, 1.82) is 0 Å². The van der Waals surface area contributed by atoms with Crippen LogP contribution in [0.3, 0.4) is 0 Å². The first kappa shape index (κ1) is 16.4. The highest BCUT2D eigenvalue weighted by Crippen LogP contribution is 2.33. The molecule has 0 aliphatic carbocycles. The minimum Gasteiger partial charge on any atom is -0.239 e. The van der Waals surface area contributed by atoms with Crippen molar-refractivity contribution < 1.29 is 8.42 Å². The molecule has 1 atom stereocenters. The average molecular weight is 367 g/mol. The quantitative estimate of drug-likeness (QED) is 0.690. The number of aromatic nitrogens is 1. The van der Waals surface area contributed by atoms with Crippen LogP contribution in [0.1, 0.15) is 18.0 Å². The molecular weight excluding hydrogens is 352 g/mol. The zero-order chi connectivity index (χ0) is 16.6. The predicted molar refractivity (Wildman–Crippen MR) is 94.4 cm³/mol. The van der Waals surface area contributed by atoms with Crippen molar-refractivity contribution in [3.05, 3.63) is 58.6 Å². The summed E-state index contributed by atoms with van der Waals surface area (Å²) < 4.78 is 28.0. The molecule has 4 nitrogen and oxygen atoms in total. The van der Waals surface area contributed by atoms with Gasteiger partial charge in [0.05, 0.1) is 21.3 Å². The molecule has 0 aliphatic heterocycles. The standard InChI is InChI=1S/C16H15ClN2O2S2/c1-11(16-18-13-8-4-5-9-14(13)22-16)19(2)23(20,21)15-10-6-3-7-12(15)17/h3-11H,1-2H3/t11-/m0/s1. The molecule has 2 aromatic carbocycles. The molecule has 7 heteroatoms. The van der Waals surface area contributed by atoms with Gasteiger partial charge < -0.3 is 0 Å². The van der Waals surface area contributed by atoms with E-state index >= 15 is 0 Å². The molecule has 0 saturated carbocycles. The van der Waals surface area contributed by atoms with Gasteiger partial charge in [-0.05, 0) is 31.2 Å². The Balaban J connectivity index is 1.98. The Hall–Kier alpha value is -1.47. The van der Waals surface area contributed by atoms with E-state index in [0.717, 1.165) is 15.2 Å². The molecule has 0 saturated heterocycles. The fourth-order valence-corrected chi connectivity index (χ4v) is 5.19. The minimum absolute atomic E-state index is 0.108. The lowest BCUT2D eigenvalue weighted by Gasteiger charge is -2.23. The van der Waals surface area contributed by atoms with Crippen LogP contribution in [0.2, 0.25) is 5.02 Å². The van der Waals surface area contributed by atoms with Gasteiger partial charge in [0, 0.05) is 7.05 Å². The number of rotatable bonds is 4. The van der Waals surface area contributed by atoms with Crippen molar-refractivity contribution in [1.82, 2.24) is 9.29 Å². The minimum atomic E-state index is -3.69. The maximum Gasteiger partial charge on any atom is 0.244 e. The number of hydrogen-bond donors (Lipinski definition) is 0. The molecule has 0 N–H and O–H groups in total. The molecule has 0 fully saturated rings. The third-order valence-corrected chi connectivity index (χ3v) is 7.34. The number of thiazole rings is 1. The summed E-state index contributed by atoms with van der Waals surface area (Å²) in [5, 5.41) is 0.972. The average Bonchev–Trinajstić information content (AvgIpc) is 2.97. The summed E-state index contributed by atoms with van der Waals surface area (Å²) in [6.45, 7) is 1.83. The van der Waals surface area contributed by atoms with Crippen molar-refractivity contribution in [3.8, 4) is 0 Å². The highest BCUT2D eigenvalue weighted by atomic mass is 35.5. The van der Waals surface area contributed by atoms with Crippen molar-refractivity contribution in [2.75, 3.05) is 7.05 Å². The van der Waals surface area contributed by atoms with E-state index in [2.05, 4.69) is 4.98 Å². The molecule has 120 valence electrons. The van der Waals surface area contributed by atoms with Crippen molar-refractivity contribution in [3.63, 3.8) is 0 Å². The van der Waals surface area contributed by atoms with E-state index in [0.29, 0.717) is 0 Å². The van der Waals surface area contributed by atoms with Crippen LogP contribution in [-0.2, 0) is 10.0 Å². The molecule has 23 heavy (non-hydrogen) atoms. The number of para-hydroxylation sites is 1. The molecule has 0 radical (unpaired) electrons. The van der Waals surface area contributed by atoms with E-state index in [1.807, 2.05) is 31.2 Å². The van der Waals surface area contributed by atoms with Crippen LogP contribution >= 0.6 is 22.9 Å². The number of nitrogens with zero attached hydrogens (tertiary/aromatic N) is 2. The van der Waals surface area contributed by atoms with Crippen LogP contribution in [0.4, 0.5) is 0 Å². The Morgan fingerprint density at radius 3 is 2.48 bits per heavy atom. The fourth-order valence-electron chi connectivity index (χ4n) is 2.24. The first-order valence-electron chi connectivity index (χ1n) is 6.99. The van der Waals surface area contributed by atoms with Gasteiger partial charge in [-0.15, -0.1) is 11.3 Å². The van der Waals surface area contributed by atoms with E-state index in [9.17, 15) is 8.42 Å². The SMILES string of the molecule is C[C@@H](c1nc2ccccc2s1)N(C)S(=O)(=O)c1ccccc1Cl. The first-order chi connectivity index (χ1) is 10.9. The lowest BCUT2D eigenvalue weighted by atomic mass is 10.3. The number of benzene rings is 2. The van der Waals surface area contributed by atoms with Gasteiger partial charge >= 0.3 is 0 Å². The van der Waals surface area contributed by atoms with Gasteiger partial charge in [-0.25, -0.2) is 13.4 Å². The molecule has 0 bridgehead atoms. The lowest BCUT2D eigenvalue weighted by Crippen LogP contribution is -2.30. The third-order valence-electron chi connectivity index (χ3n) is 3.71. The van der Waals surface area contributed by atoms with Crippen LogP contribution in [0.25, 0.3) is 10.2 Å². The van der Waals surface area contributed by atoms with Gasteiger partial charge in [-0.3, -0.25) is 0 Å². The number of hydrogen-bond acceptors (Lipinski definition) is 4. The Bertz CT molecular complexity index is 920. The van der Waals surface area contributed by atoms with E-state index in [-0.39, 0.29) is 16.0 Å². The lowest BCUT2D eigenvalue weighted by molar-refractivity contribution is 0.398. The Labute approximate surface area is 144 Å². The molecule has 0 aliphatic rings. The van der Waals surface area contributed by atoms with E-state index in [1.54, 1.807) is 25.2 Å². The summed E-state index contributed by atoms with van der Waals surface area (Å²) >= 11 is 7.55. The second kappa shape index (κ2) is 6.20. The van der Waals surface area contributed by atoms with Gasteiger partial charge in [0.1, 0.15) is 9.90 Å². The van der Waals surface area contributed by atoms with Gasteiger partial charge in [0.2, 0.25) is 10.0 Å². The molecule has 3 rings (SSSR count). The third kappa shape index (κ3) is 2.99. The van der Waals surface area contributed by atoms with Crippen LogP contribution in [-0.4, -0.2) is 24.8 Å². The molecule has 0 spiro atoms. The van der Waals surface area contributed by atoms with Crippen LogP contribution in [0, 0.1) is 0 Å². The van der Waals surface area contributed by atoms with Gasteiger partial charge in [0.15, 0.2) is 0 Å². The summed E-state index contributed by atoms with van der Waals surface area (Å²) in [7, 11) is -2.14. The van der Waals surface area contributed by atoms with Crippen molar-refractivity contribution in [2.45, 2.75) is 17.9 Å². The zero-order valence-corrected chi connectivity index (χ0v) is 15.0. The summed E-state index contributed by atoms with van der Waals surface area (Å²) in [4.78, 5) is 4.65. The highest BCUT2D eigenvalue weighted by Gasteiger charge is 2.29. The Morgan fingerprint density at radius 2 is 1.78 bits per heavy atom. The first-order valence-corrected chi connectivity index (χ1v) is 9.63. The van der Waals surface area contributed by atoms with Crippen LogP contribution in [0.5, 0.6) is 0 Å². The topological polar surface area (TPSA) is 50.3 Å². The summed E-state index contributed by atoms with van der Waals surface area (Å²) in [5.74, 6) is 0. The second-order valence-electron chi connectivity index (χ2n) is 5.15. The summed E-state index contributed by atoms with van der Waals surface area (Å²) in [6.07, 6.45) is 0. The molecule has 1 aromatic heterocycles. The zero-order valence-electron chi connectivity index (χ0n) is 12.6. The van der Waals surface area contributed by atoms with Crippen LogP contribution in [0.15, 0.2) is 53.4 Å². The van der Waals surface area contributed by atoms with Crippen LogP contribution < -0.4 is 0 Å². The number of halogens is 1. The molecule has 0 unspecified atom stereocenters. The van der Waals surface area contributed by atoms with Crippen molar-refractivity contribution >= 4 is 43.2 Å². The smallest absolute Gasteiger partial charge is 0.239 e. The number of sulfonamides is 1. The molecule has 1 heterocycles. The fraction of sp³-hybridized carbons (Fsp3) is 0.188. The van der Waals surface area contributed by atoms with Crippen molar-refractivity contribution in [2.24, 2.45) is 0 Å². The maximum absolute atomic E-state index is 12.8. The monoisotopic (exact) mass is 366 g/mol. The maximum atomic E-state index is 12.8. The molecule has 3 aromatic rings. The second-order valence-corrected chi connectivity index (χ2v) is 8.58. The largest absolute Gasteiger partial charge is 0.244 e. The molecule has 0 amide bonds. The van der Waals surface area contributed by atoms with Gasteiger partial charge in [-0.1, -0.05) is 35.9 Å². The van der Waals surface area contributed by atoms with Gasteiger partial charge in [0.25, 0.3) is 0 Å². The Kier molecular flexibility index (Phi) is 4.42. The highest BCUT2D eigenvalue weighted by molar-refractivity contribution is 7.89. The summed E-state index contributed by atoms with van der Waals surface area (Å²) in [5.41, 5.74) is 0.878. The van der Waals surface area contributed by atoms with Gasteiger partial charge in [-0.2, -0.15) is 4.31 Å². The van der Waals surface area contributed by atoms with E-state index in [1.165, 1.54) is 21.7 Å². The Morgan fingerprint density at radius 1 is 1.13 bits per heavy atom. The predicted octanol–water partition coefficient (Wildman–Crippen LogP) is 4.33. The normalized spacial score (nSPS) is 13.6.